The molecule has 24 heavy (non-hydrogen) atoms. The first-order valence-electron chi connectivity index (χ1n) is 7.38. The van der Waals surface area contributed by atoms with Gasteiger partial charge < -0.3 is 9.47 Å². The summed E-state index contributed by atoms with van der Waals surface area (Å²) < 4.78 is 11.0. The normalized spacial score (nSPS) is 10.6. The molecule has 2 rings (SSSR count). The Balaban J connectivity index is 2.36. The quantitative estimate of drug-likeness (QED) is 0.431. The van der Waals surface area contributed by atoms with Crippen molar-refractivity contribution in [3.8, 4) is 29.9 Å². The first-order chi connectivity index (χ1) is 11.7. The van der Waals surface area contributed by atoms with Gasteiger partial charge in [-0.15, -0.1) is 6.42 Å². The maximum atomic E-state index is 9.42. The van der Waals surface area contributed by atoms with Crippen LogP contribution in [-0.2, 0) is 0 Å². The zero-order valence-electron chi connectivity index (χ0n) is 13.3. The van der Waals surface area contributed by atoms with E-state index >= 15 is 0 Å². The predicted molar refractivity (Wildman–Crippen MR) is 96.9 cm³/mol. The minimum absolute atomic E-state index is 0.170. The fraction of sp³-hybridized carbons (Fsp3) is 0.150. The Morgan fingerprint density at radius 3 is 2.54 bits per heavy atom. The van der Waals surface area contributed by atoms with Crippen LogP contribution in [-0.4, -0.2) is 13.2 Å². The molecule has 0 heterocycles. The minimum atomic E-state index is 0.170. The molecule has 0 aliphatic rings. The van der Waals surface area contributed by atoms with E-state index in [-0.39, 0.29) is 6.61 Å². The lowest BCUT2D eigenvalue weighted by molar-refractivity contribution is 0.299. The van der Waals surface area contributed by atoms with Gasteiger partial charge in [-0.05, 0) is 48.4 Å². The molecule has 4 heteroatoms. The molecule has 0 unspecified atom stereocenters. The number of allylic oxidation sites excluding steroid dienone is 1. The van der Waals surface area contributed by atoms with Crippen LogP contribution in [0.15, 0.2) is 42.5 Å². The van der Waals surface area contributed by atoms with Crippen molar-refractivity contribution in [2.24, 2.45) is 0 Å². The number of nitriles is 1. The second kappa shape index (κ2) is 8.67. The summed E-state index contributed by atoms with van der Waals surface area (Å²) in [5.41, 5.74) is 2.16. The van der Waals surface area contributed by atoms with E-state index in [0.717, 1.165) is 11.1 Å². The molecule has 0 saturated carbocycles. The van der Waals surface area contributed by atoms with Gasteiger partial charge in [-0.2, -0.15) is 5.26 Å². The third kappa shape index (κ3) is 4.56. The summed E-state index contributed by atoms with van der Waals surface area (Å²) in [6, 6.07) is 14.8. The molecular formula is C20H16ClNO2. The predicted octanol–water partition coefficient (Wildman–Crippen LogP) is 4.81. The fourth-order valence-electron chi connectivity index (χ4n) is 2.10. The summed E-state index contributed by atoms with van der Waals surface area (Å²) in [6.45, 7) is 2.56. The van der Waals surface area contributed by atoms with Crippen molar-refractivity contribution < 1.29 is 9.47 Å². The first kappa shape index (κ1) is 17.5. The molecule has 2 aromatic carbocycles. The maximum absolute atomic E-state index is 9.42. The zero-order valence-corrected chi connectivity index (χ0v) is 14.0. The van der Waals surface area contributed by atoms with Crippen molar-refractivity contribution in [3.05, 3.63) is 58.6 Å². The number of hydrogen-bond acceptors (Lipinski definition) is 3. The number of rotatable bonds is 6. The molecule has 120 valence electrons. The van der Waals surface area contributed by atoms with Gasteiger partial charge in [-0.1, -0.05) is 35.7 Å². The number of halogens is 1. The third-order valence-electron chi connectivity index (χ3n) is 3.17. The Hall–Kier alpha value is -2.88. The molecule has 3 nitrogen and oxygen atoms in total. The molecule has 0 aliphatic heterocycles. The molecule has 0 spiro atoms. The Kier molecular flexibility index (Phi) is 6.32. The van der Waals surface area contributed by atoms with E-state index in [2.05, 4.69) is 12.0 Å². The molecule has 0 atom stereocenters. The zero-order chi connectivity index (χ0) is 17.4. The van der Waals surface area contributed by atoms with Gasteiger partial charge in [0.25, 0.3) is 0 Å². The van der Waals surface area contributed by atoms with Crippen LogP contribution in [0.5, 0.6) is 11.5 Å². The minimum Gasteiger partial charge on any atom is -0.490 e. The topological polar surface area (TPSA) is 42.2 Å². The van der Waals surface area contributed by atoms with Crippen molar-refractivity contribution in [1.82, 2.24) is 0 Å². The average molecular weight is 338 g/mol. The van der Waals surface area contributed by atoms with Crippen molar-refractivity contribution in [3.63, 3.8) is 0 Å². The molecule has 2 aromatic rings. The molecule has 0 fully saturated rings. The Bertz CT molecular complexity index is 811. The van der Waals surface area contributed by atoms with Crippen molar-refractivity contribution >= 4 is 23.3 Å². The summed E-state index contributed by atoms with van der Waals surface area (Å²) in [5.74, 6) is 3.60. The molecule has 0 radical (unpaired) electrons. The van der Waals surface area contributed by atoms with Crippen molar-refractivity contribution in [2.75, 3.05) is 13.2 Å². The lowest BCUT2D eigenvalue weighted by Crippen LogP contribution is -1.99. The smallest absolute Gasteiger partial charge is 0.162 e. The van der Waals surface area contributed by atoms with Gasteiger partial charge in [0.15, 0.2) is 11.5 Å². The van der Waals surface area contributed by atoms with Crippen molar-refractivity contribution in [1.29, 1.82) is 5.26 Å². The highest BCUT2D eigenvalue weighted by Gasteiger charge is 2.07. The Labute approximate surface area is 147 Å². The molecule has 0 saturated heterocycles. The lowest BCUT2D eigenvalue weighted by atomic mass is 10.0. The van der Waals surface area contributed by atoms with Gasteiger partial charge >= 0.3 is 0 Å². The number of benzene rings is 2. The maximum Gasteiger partial charge on any atom is 0.162 e. The first-order valence-corrected chi connectivity index (χ1v) is 7.76. The van der Waals surface area contributed by atoms with Crippen LogP contribution in [0.4, 0.5) is 0 Å². The van der Waals surface area contributed by atoms with E-state index in [0.29, 0.717) is 28.7 Å². The summed E-state index contributed by atoms with van der Waals surface area (Å²) in [7, 11) is 0. The van der Waals surface area contributed by atoms with Crippen LogP contribution >= 0.6 is 11.6 Å². The molecular weight excluding hydrogens is 322 g/mol. The SMILES string of the molecule is C#CCOc1ccc(/C=C(\C#N)c2ccc(Cl)cc2)cc1OCC. The van der Waals surface area contributed by atoms with E-state index in [1.165, 1.54) is 0 Å². The summed E-state index contributed by atoms with van der Waals surface area (Å²) >= 11 is 5.89. The number of ether oxygens (including phenoxy) is 2. The molecule has 0 N–H and O–H groups in total. The molecule has 0 aliphatic carbocycles. The van der Waals surface area contributed by atoms with Crippen LogP contribution in [0.2, 0.25) is 5.02 Å². The van der Waals surface area contributed by atoms with Crippen molar-refractivity contribution in [2.45, 2.75) is 6.92 Å². The Morgan fingerprint density at radius 1 is 1.17 bits per heavy atom. The fourth-order valence-corrected chi connectivity index (χ4v) is 2.22. The summed E-state index contributed by atoms with van der Waals surface area (Å²) in [5, 5.41) is 10.1. The van der Waals surface area contributed by atoms with Gasteiger partial charge in [-0.25, -0.2) is 0 Å². The largest absolute Gasteiger partial charge is 0.490 e. The molecule has 0 bridgehead atoms. The average Bonchev–Trinajstić information content (AvgIpc) is 2.60. The van der Waals surface area contributed by atoms with Gasteiger partial charge in [0.05, 0.1) is 18.2 Å². The number of terminal acetylenes is 1. The van der Waals surface area contributed by atoms with E-state index in [9.17, 15) is 5.26 Å². The van der Waals surface area contributed by atoms with E-state index in [1.807, 2.05) is 31.2 Å². The van der Waals surface area contributed by atoms with E-state index < -0.39 is 0 Å². The van der Waals surface area contributed by atoms with E-state index in [1.54, 1.807) is 24.3 Å². The second-order valence-electron chi connectivity index (χ2n) is 4.81. The van der Waals surface area contributed by atoms with Crippen LogP contribution in [0.25, 0.3) is 11.6 Å². The number of nitrogens with zero attached hydrogens (tertiary/aromatic N) is 1. The Morgan fingerprint density at radius 2 is 1.92 bits per heavy atom. The highest BCUT2D eigenvalue weighted by atomic mass is 35.5. The standard InChI is InChI=1S/C20H16ClNO2/c1-3-11-24-19-10-5-15(13-20(19)23-4-2)12-17(14-22)16-6-8-18(21)9-7-16/h1,5-10,12-13H,4,11H2,2H3/b17-12+. The van der Waals surface area contributed by atoms with Crippen LogP contribution in [0.1, 0.15) is 18.1 Å². The third-order valence-corrected chi connectivity index (χ3v) is 3.42. The van der Waals surface area contributed by atoms with Gasteiger partial charge in [0, 0.05) is 5.02 Å². The van der Waals surface area contributed by atoms with Crippen LogP contribution in [0.3, 0.4) is 0 Å². The molecule has 0 aromatic heterocycles. The number of hydrogen-bond donors (Lipinski definition) is 0. The van der Waals surface area contributed by atoms with Gasteiger partial charge in [0.2, 0.25) is 0 Å². The summed E-state index contributed by atoms with van der Waals surface area (Å²) in [6.07, 6.45) is 7.01. The van der Waals surface area contributed by atoms with E-state index in [4.69, 9.17) is 27.5 Å². The van der Waals surface area contributed by atoms with Gasteiger partial charge in [0.1, 0.15) is 6.61 Å². The molecule has 0 amide bonds. The second-order valence-corrected chi connectivity index (χ2v) is 5.25. The highest BCUT2D eigenvalue weighted by molar-refractivity contribution is 6.30. The highest BCUT2D eigenvalue weighted by Crippen LogP contribution is 2.30. The lowest BCUT2D eigenvalue weighted by Gasteiger charge is -2.11. The van der Waals surface area contributed by atoms with Gasteiger partial charge in [-0.3, -0.25) is 0 Å². The van der Waals surface area contributed by atoms with Crippen LogP contribution in [0, 0.1) is 23.7 Å². The summed E-state index contributed by atoms with van der Waals surface area (Å²) in [4.78, 5) is 0. The van der Waals surface area contributed by atoms with Crippen LogP contribution < -0.4 is 9.47 Å². The monoisotopic (exact) mass is 337 g/mol.